The van der Waals surface area contributed by atoms with Gasteiger partial charge in [-0.3, -0.25) is 0 Å². The van der Waals surface area contributed by atoms with Crippen LogP contribution in [0.4, 0.5) is 22.7 Å². The van der Waals surface area contributed by atoms with Crippen LogP contribution in [0.1, 0.15) is 30.5 Å². The van der Waals surface area contributed by atoms with E-state index in [9.17, 15) is 0 Å². The van der Waals surface area contributed by atoms with Crippen molar-refractivity contribution in [2.24, 2.45) is 0 Å². The van der Waals surface area contributed by atoms with Crippen molar-refractivity contribution in [1.82, 2.24) is 4.90 Å². The molecule has 2 aliphatic rings. The van der Waals surface area contributed by atoms with Crippen LogP contribution in [0.2, 0.25) is 0 Å². The van der Waals surface area contributed by atoms with Crippen molar-refractivity contribution in [3.8, 4) is 11.1 Å². The standard InChI is InChI=1S/C29H31N4.CN.Pt/c1-19-12-20(2)29(21(3)13-19)24-14-25(32-17-30(6)22(4)23(32)5)16-26(15-24)33-18-31(7)27-10-8-9-11-28(27)33;1-2;/h8-15,17-18H,1-7H3;;/q-3;-1;+4. The van der Waals surface area contributed by atoms with E-state index < -0.39 is 0 Å². The van der Waals surface area contributed by atoms with E-state index >= 15 is 0 Å². The number of fused-ring (bicyclic) bond motifs is 1. The molecule has 0 amide bonds. The van der Waals surface area contributed by atoms with Crippen molar-refractivity contribution in [3.05, 3.63) is 103 Å². The van der Waals surface area contributed by atoms with Gasteiger partial charge in [-0.05, 0) is 83.2 Å². The van der Waals surface area contributed by atoms with Gasteiger partial charge in [0.25, 0.3) is 0 Å². The summed E-state index contributed by atoms with van der Waals surface area (Å²) in [5.41, 5.74) is 13.3. The molecule has 2 aliphatic heterocycles. The maximum Gasteiger partial charge on any atom is 4.00 e. The first kappa shape index (κ1) is 27.4. The van der Waals surface area contributed by atoms with Crippen LogP contribution < -0.4 is 14.7 Å². The summed E-state index contributed by atoms with van der Waals surface area (Å²) >= 11 is 0. The second-order valence-electron chi connectivity index (χ2n) is 9.27. The van der Waals surface area contributed by atoms with Gasteiger partial charge in [0.1, 0.15) is 0 Å². The first-order valence-corrected chi connectivity index (χ1v) is 11.6. The molecule has 0 saturated heterocycles. The number of benzene rings is 3. The molecule has 0 unspecified atom stereocenters. The number of rotatable bonds is 3. The summed E-state index contributed by atoms with van der Waals surface area (Å²) in [5.74, 6) is 0. The molecule has 0 bridgehead atoms. The Hall–Kier alpha value is -3.22. The van der Waals surface area contributed by atoms with Crippen LogP contribution in [0.25, 0.3) is 11.1 Å². The summed E-state index contributed by atoms with van der Waals surface area (Å²) < 4.78 is 0. The third-order valence-electron chi connectivity index (χ3n) is 6.84. The molecule has 0 saturated carbocycles. The summed E-state index contributed by atoms with van der Waals surface area (Å²) in [6.45, 7) is 20.0. The third kappa shape index (κ3) is 4.75. The molecule has 0 N–H and O–H groups in total. The second-order valence-corrected chi connectivity index (χ2v) is 9.27. The van der Waals surface area contributed by atoms with Crippen molar-refractivity contribution < 1.29 is 21.1 Å². The van der Waals surface area contributed by atoms with Gasteiger partial charge in [-0.1, -0.05) is 29.8 Å². The third-order valence-corrected chi connectivity index (χ3v) is 6.84. The molecule has 0 atom stereocenters. The first-order valence-electron chi connectivity index (χ1n) is 11.6. The quantitative estimate of drug-likeness (QED) is 0.284. The minimum absolute atomic E-state index is 0. The van der Waals surface area contributed by atoms with E-state index in [1.807, 2.05) is 0 Å². The van der Waals surface area contributed by atoms with Crippen molar-refractivity contribution in [1.29, 1.82) is 5.26 Å². The van der Waals surface area contributed by atoms with Gasteiger partial charge in [-0.25, -0.2) is 0 Å². The number of aryl methyl sites for hydroxylation is 3. The molecule has 2 heterocycles. The zero-order valence-corrected chi connectivity index (χ0v) is 24.1. The Balaban J connectivity index is 0.00000117. The summed E-state index contributed by atoms with van der Waals surface area (Å²) in [6, 6.07) is 21.3. The fourth-order valence-corrected chi connectivity index (χ4v) is 5.05. The minimum Gasteiger partial charge on any atom is -0.512 e. The van der Waals surface area contributed by atoms with Gasteiger partial charge in [0.15, 0.2) is 0 Å². The van der Waals surface area contributed by atoms with E-state index in [2.05, 4.69) is 136 Å². The Morgan fingerprint density at radius 2 is 1.25 bits per heavy atom. The van der Waals surface area contributed by atoms with E-state index in [1.165, 1.54) is 50.6 Å². The molecule has 36 heavy (non-hydrogen) atoms. The van der Waals surface area contributed by atoms with Gasteiger partial charge >= 0.3 is 21.1 Å². The molecular formula is C30H31N5Pt. The average molecular weight is 657 g/mol. The van der Waals surface area contributed by atoms with Crippen LogP contribution >= 0.6 is 0 Å². The molecule has 0 spiro atoms. The molecule has 0 radical (unpaired) electrons. The minimum atomic E-state index is 0. The molecule has 186 valence electrons. The largest absolute Gasteiger partial charge is 4.00 e. The fraction of sp³-hybridized carbons (Fsp3) is 0.233. The van der Waals surface area contributed by atoms with Gasteiger partial charge in [0, 0.05) is 17.1 Å². The molecule has 5 rings (SSSR count). The predicted octanol–water partition coefficient (Wildman–Crippen LogP) is 7.00. The van der Waals surface area contributed by atoms with E-state index in [-0.39, 0.29) is 21.1 Å². The summed E-state index contributed by atoms with van der Waals surface area (Å²) in [5, 5.41) is 6.25. The van der Waals surface area contributed by atoms with Gasteiger partial charge < -0.3 is 31.4 Å². The normalized spacial score (nSPS) is 14.5. The molecule has 0 aliphatic carbocycles. The van der Waals surface area contributed by atoms with E-state index in [0.717, 1.165) is 11.4 Å². The summed E-state index contributed by atoms with van der Waals surface area (Å²) in [4.78, 5) is 8.83. The predicted molar refractivity (Wildman–Crippen MR) is 144 cm³/mol. The van der Waals surface area contributed by atoms with Crippen LogP contribution in [0.3, 0.4) is 0 Å². The molecule has 0 aromatic heterocycles. The van der Waals surface area contributed by atoms with Gasteiger partial charge in [0.05, 0.1) is 0 Å². The van der Waals surface area contributed by atoms with Crippen LogP contribution in [-0.2, 0) is 21.1 Å². The van der Waals surface area contributed by atoms with E-state index in [0.29, 0.717) is 0 Å². The van der Waals surface area contributed by atoms with E-state index in [1.54, 1.807) is 0 Å². The van der Waals surface area contributed by atoms with Gasteiger partial charge in [0.2, 0.25) is 0 Å². The Labute approximate surface area is 230 Å². The van der Waals surface area contributed by atoms with Crippen molar-refractivity contribution in [2.45, 2.75) is 34.6 Å². The Kier molecular flexibility index (Phi) is 8.22. The van der Waals surface area contributed by atoms with Gasteiger partial charge in [-0.15, -0.1) is 35.1 Å². The maximum absolute atomic E-state index is 6.25. The summed E-state index contributed by atoms with van der Waals surface area (Å²) in [6.07, 6.45) is 0. The maximum atomic E-state index is 6.25. The zero-order chi connectivity index (χ0) is 25.4. The van der Waals surface area contributed by atoms with Crippen LogP contribution in [-0.4, -0.2) is 19.0 Å². The van der Waals surface area contributed by atoms with Crippen molar-refractivity contribution in [2.75, 3.05) is 28.8 Å². The molecule has 3 aromatic carbocycles. The molecule has 5 nitrogen and oxygen atoms in total. The Morgan fingerprint density at radius 1 is 0.722 bits per heavy atom. The monoisotopic (exact) mass is 656 g/mol. The van der Waals surface area contributed by atoms with E-state index in [4.69, 9.17) is 11.8 Å². The fourth-order valence-electron chi connectivity index (χ4n) is 5.05. The number of nitrogens with zero attached hydrogens (tertiary/aromatic N) is 5. The molecule has 6 heteroatoms. The first-order chi connectivity index (χ1) is 16.7. The number of anilines is 4. The Bertz CT molecular complexity index is 1300. The molecule has 3 aromatic rings. The van der Waals surface area contributed by atoms with Crippen molar-refractivity contribution >= 4 is 22.7 Å². The number of hydrogen-bond acceptors (Lipinski definition) is 5. The SMILES string of the molecule is CC1=C(C)N(c2[c-]c(N3[CH-]N(C)c4ccccc43)cc(-c3c(C)cc(C)cc3C)c2)[CH-]N1C.[C-]#N.[Pt+4]. The molecule has 0 fully saturated rings. The second kappa shape index (κ2) is 10.8. The topological polar surface area (TPSA) is 36.8 Å². The molecular weight excluding hydrogens is 625 g/mol. The van der Waals surface area contributed by atoms with Crippen LogP contribution in [0.5, 0.6) is 0 Å². The number of hydrogen-bond donors (Lipinski definition) is 0. The van der Waals surface area contributed by atoms with Gasteiger partial charge in [-0.2, -0.15) is 13.3 Å². The zero-order valence-electron chi connectivity index (χ0n) is 21.8. The van der Waals surface area contributed by atoms with Crippen molar-refractivity contribution in [3.63, 3.8) is 0 Å². The average Bonchev–Trinajstić information content (AvgIpc) is 3.31. The summed E-state index contributed by atoms with van der Waals surface area (Å²) in [7, 11) is 4.19. The smallest absolute Gasteiger partial charge is 0.512 e. The number of allylic oxidation sites excluding steroid dienone is 2. The van der Waals surface area contributed by atoms with Crippen LogP contribution in [0.15, 0.2) is 59.9 Å². The Morgan fingerprint density at radius 3 is 1.81 bits per heavy atom. The van der Waals surface area contributed by atoms with Crippen LogP contribution in [0, 0.1) is 52.0 Å². The number of para-hydroxylation sites is 2.